The van der Waals surface area contributed by atoms with Crippen molar-refractivity contribution in [2.75, 3.05) is 6.61 Å². The molecule has 8 nitrogen and oxygen atoms in total. The van der Waals surface area contributed by atoms with Gasteiger partial charge in [0.1, 0.15) is 6.61 Å². The van der Waals surface area contributed by atoms with Gasteiger partial charge < -0.3 is 15.2 Å². The van der Waals surface area contributed by atoms with Gasteiger partial charge in [-0.05, 0) is 17.7 Å². The van der Waals surface area contributed by atoms with Crippen molar-refractivity contribution in [2.24, 2.45) is 0 Å². The Hall–Kier alpha value is -3.26. The van der Waals surface area contributed by atoms with E-state index >= 15 is 0 Å². The van der Waals surface area contributed by atoms with Gasteiger partial charge in [0.05, 0.1) is 11.5 Å². The maximum Gasteiger partial charge on any atom is 0.331 e. The third-order valence-electron chi connectivity index (χ3n) is 3.34. The average Bonchev–Trinajstić information content (AvgIpc) is 2.64. The number of nitro benzene ring substituents is 1. The van der Waals surface area contributed by atoms with Crippen molar-refractivity contribution in [3.8, 4) is 0 Å². The number of hydrogen-bond donors (Lipinski definition) is 2. The monoisotopic (exact) mass is 344 g/mol. The first kappa shape index (κ1) is 18.1. The number of carbonyl (C=O) groups excluding carboxylic acids is 2. The Morgan fingerprint density at radius 1 is 1.12 bits per heavy atom. The number of benzene rings is 2. The summed E-state index contributed by atoms with van der Waals surface area (Å²) in [6.07, 6.45) is 0. The van der Waals surface area contributed by atoms with Crippen LogP contribution in [0, 0.1) is 10.1 Å². The molecule has 0 unspecified atom stereocenters. The number of aliphatic hydroxyl groups is 1. The minimum Gasteiger partial charge on any atom is -0.459 e. The smallest absolute Gasteiger partial charge is 0.331 e. The third-order valence-corrected chi connectivity index (χ3v) is 3.34. The van der Waals surface area contributed by atoms with Gasteiger partial charge in [0.2, 0.25) is 0 Å². The van der Waals surface area contributed by atoms with E-state index in [1.54, 1.807) is 24.3 Å². The second-order valence-corrected chi connectivity index (χ2v) is 5.11. The van der Waals surface area contributed by atoms with E-state index < -0.39 is 29.4 Å². The molecule has 0 bridgehead atoms. The van der Waals surface area contributed by atoms with Crippen LogP contribution in [0.25, 0.3) is 0 Å². The molecule has 0 fully saturated rings. The number of rotatable bonds is 7. The van der Waals surface area contributed by atoms with Crippen molar-refractivity contribution in [3.63, 3.8) is 0 Å². The van der Waals surface area contributed by atoms with E-state index in [2.05, 4.69) is 5.32 Å². The van der Waals surface area contributed by atoms with Crippen LogP contribution in [0.2, 0.25) is 0 Å². The molecule has 0 spiro atoms. The number of aliphatic hydroxyl groups excluding tert-OH is 1. The number of nitro groups is 1. The van der Waals surface area contributed by atoms with Crippen molar-refractivity contribution in [1.82, 2.24) is 5.32 Å². The largest absolute Gasteiger partial charge is 0.459 e. The Bertz CT molecular complexity index is 745. The molecule has 0 heterocycles. The normalized spacial score (nSPS) is 11.4. The number of amides is 1. The van der Waals surface area contributed by atoms with Gasteiger partial charge in [-0.2, -0.15) is 0 Å². The first-order valence-electron chi connectivity index (χ1n) is 7.38. The number of esters is 1. The first-order valence-corrected chi connectivity index (χ1v) is 7.38. The molecule has 2 aromatic carbocycles. The van der Waals surface area contributed by atoms with Crippen molar-refractivity contribution >= 4 is 17.6 Å². The molecule has 1 atom stereocenters. The second-order valence-electron chi connectivity index (χ2n) is 5.11. The Morgan fingerprint density at radius 3 is 2.32 bits per heavy atom. The summed E-state index contributed by atoms with van der Waals surface area (Å²) in [6, 6.07) is 12.6. The highest BCUT2D eigenvalue weighted by atomic mass is 16.6. The Kier molecular flexibility index (Phi) is 6.19. The van der Waals surface area contributed by atoms with Gasteiger partial charge >= 0.3 is 5.97 Å². The van der Waals surface area contributed by atoms with Gasteiger partial charge in [-0.1, -0.05) is 30.3 Å². The Balaban J connectivity index is 1.94. The predicted molar refractivity (Wildman–Crippen MR) is 87.7 cm³/mol. The van der Waals surface area contributed by atoms with Crippen molar-refractivity contribution in [2.45, 2.75) is 12.6 Å². The van der Waals surface area contributed by atoms with Gasteiger partial charge in [-0.3, -0.25) is 14.9 Å². The quantitative estimate of drug-likeness (QED) is 0.445. The third kappa shape index (κ3) is 5.11. The second kappa shape index (κ2) is 8.55. The van der Waals surface area contributed by atoms with Gasteiger partial charge in [-0.25, -0.2) is 4.79 Å². The number of non-ortho nitro benzene ring substituents is 1. The molecule has 8 heteroatoms. The summed E-state index contributed by atoms with van der Waals surface area (Å²) in [5, 5.41) is 22.2. The first-order chi connectivity index (χ1) is 12.0. The lowest BCUT2D eigenvalue weighted by atomic mass is 10.2. The molecule has 0 saturated heterocycles. The summed E-state index contributed by atoms with van der Waals surface area (Å²) in [5.74, 6) is -1.42. The van der Waals surface area contributed by atoms with E-state index in [-0.39, 0.29) is 17.9 Å². The molecule has 1 amide bonds. The van der Waals surface area contributed by atoms with Crippen LogP contribution in [0.3, 0.4) is 0 Å². The number of nitrogens with one attached hydrogen (secondary N) is 1. The highest BCUT2D eigenvalue weighted by molar-refractivity contribution is 5.97. The zero-order chi connectivity index (χ0) is 18.2. The lowest BCUT2D eigenvalue weighted by Gasteiger charge is -2.15. The molecular formula is C17H16N2O6. The minimum absolute atomic E-state index is 0.0174. The molecule has 25 heavy (non-hydrogen) atoms. The van der Waals surface area contributed by atoms with Crippen LogP contribution in [0.15, 0.2) is 54.6 Å². The van der Waals surface area contributed by atoms with Crippen LogP contribution in [0.1, 0.15) is 15.9 Å². The molecular weight excluding hydrogens is 328 g/mol. The van der Waals surface area contributed by atoms with Gasteiger partial charge in [-0.15, -0.1) is 0 Å². The van der Waals surface area contributed by atoms with Crippen LogP contribution in [-0.2, 0) is 16.1 Å². The number of hydrogen-bond acceptors (Lipinski definition) is 6. The van der Waals surface area contributed by atoms with Gasteiger partial charge in [0, 0.05) is 17.7 Å². The number of carbonyl (C=O) groups is 2. The fourth-order valence-electron chi connectivity index (χ4n) is 1.98. The SMILES string of the molecule is O=C(N[C@@H](CO)C(=O)OCc1ccccc1)c1ccc([N+](=O)[O-])cc1. The summed E-state index contributed by atoms with van der Waals surface area (Å²) in [5.41, 5.74) is 0.742. The number of nitrogens with zero attached hydrogens (tertiary/aromatic N) is 1. The summed E-state index contributed by atoms with van der Waals surface area (Å²) in [4.78, 5) is 34.1. The maximum atomic E-state index is 12.1. The summed E-state index contributed by atoms with van der Waals surface area (Å²) >= 11 is 0. The molecule has 0 aliphatic carbocycles. The van der Waals surface area contributed by atoms with Crippen LogP contribution in [0.5, 0.6) is 0 Å². The minimum atomic E-state index is -1.23. The van der Waals surface area contributed by atoms with E-state index in [1.165, 1.54) is 24.3 Å². The van der Waals surface area contributed by atoms with E-state index in [9.17, 15) is 24.8 Å². The van der Waals surface area contributed by atoms with Gasteiger partial charge in [0.15, 0.2) is 6.04 Å². The zero-order valence-corrected chi connectivity index (χ0v) is 13.1. The lowest BCUT2D eigenvalue weighted by molar-refractivity contribution is -0.384. The Labute approximate surface area is 143 Å². The van der Waals surface area contributed by atoms with Crippen LogP contribution < -0.4 is 5.32 Å². The van der Waals surface area contributed by atoms with Crippen LogP contribution in [-0.4, -0.2) is 34.6 Å². The molecule has 0 aliphatic heterocycles. The topological polar surface area (TPSA) is 119 Å². The average molecular weight is 344 g/mol. The molecule has 0 aromatic heterocycles. The highest BCUT2D eigenvalue weighted by Crippen LogP contribution is 2.12. The predicted octanol–water partition coefficient (Wildman–Crippen LogP) is 1.43. The van der Waals surface area contributed by atoms with Crippen LogP contribution >= 0.6 is 0 Å². The van der Waals surface area contributed by atoms with Crippen molar-refractivity contribution in [1.29, 1.82) is 0 Å². The van der Waals surface area contributed by atoms with Crippen LogP contribution in [0.4, 0.5) is 5.69 Å². The summed E-state index contributed by atoms with van der Waals surface area (Å²) < 4.78 is 5.07. The van der Waals surface area contributed by atoms with Crippen molar-refractivity contribution in [3.05, 3.63) is 75.8 Å². The van der Waals surface area contributed by atoms with E-state index in [0.717, 1.165) is 5.56 Å². The van der Waals surface area contributed by atoms with Gasteiger partial charge in [0.25, 0.3) is 11.6 Å². The number of ether oxygens (including phenoxy) is 1. The Morgan fingerprint density at radius 2 is 1.76 bits per heavy atom. The summed E-state index contributed by atoms with van der Waals surface area (Å²) in [6.45, 7) is -0.615. The fraction of sp³-hybridized carbons (Fsp3) is 0.176. The molecule has 2 aromatic rings. The van der Waals surface area contributed by atoms with E-state index in [0.29, 0.717) is 0 Å². The highest BCUT2D eigenvalue weighted by Gasteiger charge is 2.22. The molecule has 130 valence electrons. The maximum absolute atomic E-state index is 12.1. The standard InChI is InChI=1S/C17H16N2O6/c20-10-15(17(22)25-11-12-4-2-1-3-5-12)18-16(21)13-6-8-14(9-7-13)19(23)24/h1-9,15,20H,10-11H2,(H,18,21)/t15-/m0/s1. The molecule has 0 aliphatic rings. The van der Waals surface area contributed by atoms with Crippen molar-refractivity contribution < 1.29 is 24.4 Å². The van der Waals surface area contributed by atoms with E-state index in [4.69, 9.17) is 4.74 Å². The summed E-state index contributed by atoms with van der Waals surface area (Å²) in [7, 11) is 0. The zero-order valence-electron chi connectivity index (χ0n) is 13.1. The molecule has 2 rings (SSSR count). The fourth-order valence-corrected chi connectivity index (χ4v) is 1.98. The molecule has 2 N–H and O–H groups in total. The molecule has 0 radical (unpaired) electrons. The van der Waals surface area contributed by atoms with E-state index in [1.807, 2.05) is 6.07 Å². The molecule has 0 saturated carbocycles. The lowest BCUT2D eigenvalue weighted by Crippen LogP contribution is -2.44.